The highest BCUT2D eigenvalue weighted by molar-refractivity contribution is 6.05. The minimum absolute atomic E-state index is 0.0214. The lowest BCUT2D eigenvalue weighted by molar-refractivity contribution is -0.132. The van der Waals surface area contributed by atoms with Gasteiger partial charge in [0.25, 0.3) is 0 Å². The number of imidazole rings is 2. The van der Waals surface area contributed by atoms with Crippen LogP contribution in [-0.4, -0.2) is 88.0 Å². The molecule has 3 aromatic carbocycles. The van der Waals surface area contributed by atoms with Crippen molar-refractivity contribution in [1.29, 1.82) is 0 Å². The average molecular weight is 691 g/mol. The number of alkyl carbamates (subject to hydrolysis) is 1. The average Bonchev–Trinajstić information content (AvgIpc) is 3.89. The van der Waals surface area contributed by atoms with Gasteiger partial charge in [-0.25, -0.2) is 14.8 Å². The highest BCUT2D eigenvalue weighted by atomic mass is 16.5. The fraction of sp³-hybridized carbons (Fsp3) is 0.410. The van der Waals surface area contributed by atoms with E-state index in [1.807, 2.05) is 24.9 Å². The molecule has 1 aliphatic carbocycles. The van der Waals surface area contributed by atoms with Gasteiger partial charge in [-0.2, -0.15) is 0 Å². The number of hydrogen-bond acceptors (Lipinski definition) is 7. The summed E-state index contributed by atoms with van der Waals surface area (Å²) in [6.45, 7) is 6.03. The molecule has 3 heterocycles. The maximum Gasteiger partial charge on any atom is 0.407 e. The van der Waals surface area contributed by atoms with Gasteiger partial charge in [-0.15, -0.1) is 0 Å². The number of carbonyl (C=O) groups is 3. The van der Waals surface area contributed by atoms with E-state index >= 15 is 0 Å². The minimum Gasteiger partial charge on any atom is -0.453 e. The second-order valence-corrected chi connectivity index (χ2v) is 13.6. The summed E-state index contributed by atoms with van der Waals surface area (Å²) in [6, 6.07) is 17.3. The van der Waals surface area contributed by atoms with E-state index in [0.717, 1.165) is 94.4 Å². The highest BCUT2D eigenvalue weighted by Gasteiger charge is 2.39. The number of aryl methyl sites for hydroxylation is 2. The van der Waals surface area contributed by atoms with E-state index in [1.165, 1.54) is 12.7 Å². The van der Waals surface area contributed by atoms with Crippen LogP contribution in [0.25, 0.3) is 44.2 Å². The summed E-state index contributed by atoms with van der Waals surface area (Å²) in [4.78, 5) is 58.1. The van der Waals surface area contributed by atoms with Gasteiger partial charge in [0, 0.05) is 29.7 Å². The molecule has 266 valence electrons. The first kappa shape index (κ1) is 34.2. The molecule has 5 aromatic rings. The molecule has 0 radical (unpaired) electrons. The van der Waals surface area contributed by atoms with Crippen LogP contribution in [0, 0.1) is 5.92 Å². The van der Waals surface area contributed by atoms with Crippen LogP contribution in [-0.2, 0) is 33.7 Å². The Balaban J connectivity index is 1.13. The Morgan fingerprint density at radius 1 is 1.00 bits per heavy atom. The number of amides is 3. The highest BCUT2D eigenvalue weighted by Crippen LogP contribution is 2.41. The van der Waals surface area contributed by atoms with Crippen molar-refractivity contribution in [2.45, 2.75) is 58.5 Å². The Morgan fingerprint density at radius 2 is 1.82 bits per heavy atom. The molecule has 1 saturated heterocycles. The first-order valence-corrected chi connectivity index (χ1v) is 18.0. The lowest BCUT2D eigenvalue weighted by Gasteiger charge is -2.26. The topological polar surface area (TPSA) is 148 Å². The monoisotopic (exact) mass is 690 g/mol. The van der Waals surface area contributed by atoms with Crippen molar-refractivity contribution < 1.29 is 19.1 Å². The van der Waals surface area contributed by atoms with Gasteiger partial charge in [0.2, 0.25) is 11.8 Å². The third-order valence-corrected chi connectivity index (χ3v) is 10.4. The standard InChI is InChI=1S/C39H46N8O4/c1-5-16-46(33(48)21-41-39(50)51-4)22-32-42-30-13-9-26-18-24(7-11-28(26)35(30)44-32)25-8-12-29-27(19-25)10-14-31-36(29)45-38(43-31)37-23(6-2)15-17-47(37)34(49)20-40-3/h7-9,11-13,18-19,23,37,40H,5-6,10,14-17,20-22H2,1-4H3,(H,41,50)(H,42,44)(H,43,45)/t23-,37+/m1/s1. The summed E-state index contributed by atoms with van der Waals surface area (Å²) in [6.07, 6.45) is 3.95. The van der Waals surface area contributed by atoms with Crippen LogP contribution in [0.4, 0.5) is 4.79 Å². The zero-order chi connectivity index (χ0) is 35.6. The van der Waals surface area contributed by atoms with Crippen molar-refractivity contribution in [2.24, 2.45) is 5.92 Å². The molecule has 0 saturated carbocycles. The maximum absolute atomic E-state index is 13.0. The molecule has 51 heavy (non-hydrogen) atoms. The van der Waals surface area contributed by atoms with Crippen molar-refractivity contribution in [2.75, 3.05) is 40.3 Å². The van der Waals surface area contributed by atoms with Crippen molar-refractivity contribution in [3.05, 3.63) is 71.4 Å². The van der Waals surface area contributed by atoms with Gasteiger partial charge in [-0.1, -0.05) is 56.7 Å². The number of H-pyrrole nitrogens is 2. The molecule has 7 rings (SSSR count). The van der Waals surface area contributed by atoms with Crippen LogP contribution in [0.2, 0.25) is 0 Å². The SMILES string of the molecule is CCCN(Cc1nc2c(ccc3cc(-c4ccc5c(c4)CCc4[nH]c([C@@H]6[C@H](CC)CCN6C(=O)CNC)nc4-5)ccc32)[nH]1)C(=O)CNC(=O)OC. The fourth-order valence-electron chi connectivity index (χ4n) is 7.81. The Labute approximate surface area is 297 Å². The molecule has 2 aliphatic rings. The van der Waals surface area contributed by atoms with Crippen molar-refractivity contribution in [3.8, 4) is 22.4 Å². The van der Waals surface area contributed by atoms with Crippen LogP contribution in [0.3, 0.4) is 0 Å². The van der Waals surface area contributed by atoms with Crippen LogP contribution in [0.15, 0.2) is 48.5 Å². The van der Waals surface area contributed by atoms with Gasteiger partial charge in [0.05, 0.1) is 43.0 Å². The zero-order valence-electron chi connectivity index (χ0n) is 29.8. The lowest BCUT2D eigenvalue weighted by atomic mass is 9.89. The van der Waals surface area contributed by atoms with Crippen LogP contribution in [0.1, 0.15) is 62.1 Å². The molecule has 1 fully saturated rings. The van der Waals surface area contributed by atoms with E-state index in [9.17, 15) is 14.4 Å². The summed E-state index contributed by atoms with van der Waals surface area (Å²) in [7, 11) is 3.08. The maximum atomic E-state index is 13.0. The van der Waals surface area contributed by atoms with Gasteiger partial charge in [0.1, 0.15) is 18.2 Å². The molecule has 0 bridgehead atoms. The van der Waals surface area contributed by atoms with Crippen LogP contribution >= 0.6 is 0 Å². The number of benzene rings is 3. The third-order valence-electron chi connectivity index (χ3n) is 10.4. The summed E-state index contributed by atoms with van der Waals surface area (Å²) < 4.78 is 4.60. The van der Waals surface area contributed by atoms with Gasteiger partial charge in [-0.05, 0) is 72.9 Å². The minimum atomic E-state index is -0.637. The lowest BCUT2D eigenvalue weighted by Crippen LogP contribution is -2.40. The van der Waals surface area contributed by atoms with E-state index < -0.39 is 6.09 Å². The molecule has 2 aromatic heterocycles. The molecule has 0 unspecified atom stereocenters. The number of rotatable bonds is 11. The predicted molar refractivity (Wildman–Crippen MR) is 197 cm³/mol. The first-order valence-electron chi connectivity index (χ1n) is 18.0. The second kappa shape index (κ2) is 14.6. The van der Waals surface area contributed by atoms with Gasteiger partial charge in [-0.3, -0.25) is 9.59 Å². The number of aromatic nitrogens is 4. The van der Waals surface area contributed by atoms with E-state index in [-0.39, 0.29) is 24.4 Å². The van der Waals surface area contributed by atoms with E-state index in [1.54, 1.807) is 4.90 Å². The van der Waals surface area contributed by atoms with E-state index in [2.05, 4.69) is 74.7 Å². The summed E-state index contributed by atoms with van der Waals surface area (Å²) in [5.74, 6) is 1.91. The molecule has 1 aliphatic heterocycles. The number of fused-ring (bicyclic) bond motifs is 6. The quantitative estimate of drug-likeness (QED) is 0.143. The second-order valence-electron chi connectivity index (χ2n) is 13.6. The number of carbonyl (C=O) groups excluding carboxylic acids is 3. The molecule has 3 amide bonds. The molecule has 12 heteroatoms. The number of methoxy groups -OCH3 is 1. The third kappa shape index (κ3) is 6.67. The number of nitrogens with one attached hydrogen (secondary N) is 4. The predicted octanol–water partition coefficient (Wildman–Crippen LogP) is 5.49. The Kier molecular flexibility index (Phi) is 9.77. The van der Waals surface area contributed by atoms with Gasteiger partial charge >= 0.3 is 6.09 Å². The van der Waals surface area contributed by atoms with Crippen molar-refractivity contribution in [1.82, 2.24) is 40.4 Å². The Hall–Kier alpha value is -5.23. The zero-order valence-corrected chi connectivity index (χ0v) is 29.8. The number of ether oxygens (including phenoxy) is 1. The fourth-order valence-corrected chi connectivity index (χ4v) is 7.81. The molecule has 4 N–H and O–H groups in total. The normalized spacial score (nSPS) is 16.7. The number of likely N-dealkylation sites (N-methyl/N-ethyl adjacent to an activating group) is 1. The Bertz CT molecular complexity index is 2100. The Morgan fingerprint density at radius 3 is 2.61 bits per heavy atom. The van der Waals surface area contributed by atoms with E-state index in [0.29, 0.717) is 31.4 Å². The number of likely N-dealkylation sites (tertiary alicyclic amines) is 1. The molecular formula is C39H46N8O4. The van der Waals surface area contributed by atoms with E-state index in [4.69, 9.17) is 9.97 Å². The number of hydrogen-bond donors (Lipinski definition) is 4. The number of nitrogens with zero attached hydrogens (tertiary/aromatic N) is 4. The molecule has 12 nitrogen and oxygen atoms in total. The largest absolute Gasteiger partial charge is 0.453 e. The molecular weight excluding hydrogens is 644 g/mol. The summed E-state index contributed by atoms with van der Waals surface area (Å²) in [5, 5.41) is 7.60. The van der Waals surface area contributed by atoms with Crippen LogP contribution in [0.5, 0.6) is 0 Å². The number of aromatic amines is 2. The van der Waals surface area contributed by atoms with Crippen LogP contribution < -0.4 is 10.6 Å². The molecule has 0 spiro atoms. The van der Waals surface area contributed by atoms with Gasteiger partial charge < -0.3 is 35.1 Å². The van der Waals surface area contributed by atoms with Crippen molar-refractivity contribution >= 4 is 39.7 Å². The van der Waals surface area contributed by atoms with Crippen molar-refractivity contribution in [3.63, 3.8) is 0 Å². The molecule has 2 atom stereocenters. The van der Waals surface area contributed by atoms with Gasteiger partial charge in [0.15, 0.2) is 0 Å². The summed E-state index contributed by atoms with van der Waals surface area (Å²) in [5.41, 5.74) is 8.64. The first-order chi connectivity index (χ1) is 24.8. The smallest absolute Gasteiger partial charge is 0.407 e. The summed E-state index contributed by atoms with van der Waals surface area (Å²) >= 11 is 0.